The molecule has 0 aromatic carbocycles. The van der Waals surface area contributed by atoms with Crippen molar-refractivity contribution in [2.75, 3.05) is 5.73 Å². The number of nitrogen functional groups attached to an aromatic ring is 1. The minimum atomic E-state index is 0.320. The first-order chi connectivity index (χ1) is 9.75. The molecule has 2 aromatic heterocycles. The predicted molar refractivity (Wildman–Crippen MR) is 83.8 cm³/mol. The van der Waals surface area contributed by atoms with Crippen molar-refractivity contribution in [3.05, 3.63) is 40.9 Å². The summed E-state index contributed by atoms with van der Waals surface area (Å²) in [5.74, 6) is 0.320. The van der Waals surface area contributed by atoms with Crippen LogP contribution >= 0.6 is 15.9 Å². The molecule has 1 aliphatic carbocycles. The Morgan fingerprint density at radius 1 is 1.15 bits per heavy atom. The fourth-order valence-corrected chi connectivity index (χ4v) is 2.95. The van der Waals surface area contributed by atoms with Crippen LogP contribution in [-0.4, -0.2) is 15.0 Å². The van der Waals surface area contributed by atoms with E-state index in [-0.39, 0.29) is 0 Å². The van der Waals surface area contributed by atoms with E-state index in [0.29, 0.717) is 5.95 Å². The molecule has 0 bridgehead atoms. The first kappa shape index (κ1) is 13.2. The average molecular weight is 331 g/mol. The highest BCUT2D eigenvalue weighted by Crippen LogP contribution is 2.35. The second kappa shape index (κ2) is 5.71. The Morgan fingerprint density at radius 2 is 2.05 bits per heavy atom. The van der Waals surface area contributed by atoms with E-state index in [4.69, 9.17) is 5.73 Å². The van der Waals surface area contributed by atoms with Crippen molar-refractivity contribution in [3.63, 3.8) is 0 Å². The van der Waals surface area contributed by atoms with E-state index in [1.165, 1.54) is 18.4 Å². The Bertz CT molecular complexity index is 667. The number of halogens is 1. The van der Waals surface area contributed by atoms with Gasteiger partial charge in [0.1, 0.15) is 0 Å². The maximum atomic E-state index is 5.78. The van der Waals surface area contributed by atoms with Gasteiger partial charge in [-0.25, -0.2) is 9.97 Å². The van der Waals surface area contributed by atoms with Crippen molar-refractivity contribution < 1.29 is 0 Å². The summed E-state index contributed by atoms with van der Waals surface area (Å²) in [6.45, 7) is 0. The molecule has 2 aromatic rings. The Labute approximate surface area is 126 Å². The highest BCUT2D eigenvalue weighted by atomic mass is 79.9. The van der Waals surface area contributed by atoms with Crippen LogP contribution in [0.25, 0.3) is 16.7 Å². The molecule has 2 N–H and O–H groups in total. The van der Waals surface area contributed by atoms with Crippen LogP contribution in [0.1, 0.15) is 31.4 Å². The van der Waals surface area contributed by atoms with Gasteiger partial charge in [-0.15, -0.1) is 0 Å². The largest absolute Gasteiger partial charge is 0.368 e. The van der Waals surface area contributed by atoms with E-state index >= 15 is 0 Å². The summed E-state index contributed by atoms with van der Waals surface area (Å²) >= 11 is 3.54. The molecule has 0 amide bonds. The molecule has 0 saturated carbocycles. The summed E-state index contributed by atoms with van der Waals surface area (Å²) in [5.41, 5.74) is 10.0. The zero-order chi connectivity index (χ0) is 13.9. The lowest BCUT2D eigenvalue weighted by Crippen LogP contribution is -2.03. The van der Waals surface area contributed by atoms with E-state index in [2.05, 4.69) is 37.0 Å². The molecule has 3 rings (SSSR count). The first-order valence-corrected chi connectivity index (χ1v) is 7.47. The van der Waals surface area contributed by atoms with Gasteiger partial charge in [0, 0.05) is 34.2 Å². The van der Waals surface area contributed by atoms with Gasteiger partial charge in [-0.05, 0) is 53.3 Å². The van der Waals surface area contributed by atoms with Crippen LogP contribution in [0.4, 0.5) is 5.95 Å². The molecule has 5 heteroatoms. The van der Waals surface area contributed by atoms with Crippen molar-refractivity contribution in [3.8, 4) is 11.1 Å². The highest BCUT2D eigenvalue weighted by molar-refractivity contribution is 9.10. The van der Waals surface area contributed by atoms with Crippen LogP contribution in [0.2, 0.25) is 0 Å². The molecule has 0 atom stereocenters. The molecule has 4 nitrogen and oxygen atoms in total. The number of nitrogens with two attached hydrogens (primary N) is 1. The number of rotatable bonds is 2. The lowest BCUT2D eigenvalue weighted by molar-refractivity contribution is 0.740. The summed E-state index contributed by atoms with van der Waals surface area (Å²) in [4.78, 5) is 12.7. The Morgan fingerprint density at radius 3 is 2.80 bits per heavy atom. The third-order valence-corrected chi connectivity index (χ3v) is 4.10. The Hall–Kier alpha value is -1.75. The number of anilines is 1. The van der Waals surface area contributed by atoms with E-state index < -0.39 is 0 Å². The summed E-state index contributed by atoms with van der Waals surface area (Å²) < 4.78 is 0.936. The van der Waals surface area contributed by atoms with E-state index in [9.17, 15) is 0 Å². The lowest BCUT2D eigenvalue weighted by Gasteiger charge is -2.16. The van der Waals surface area contributed by atoms with Crippen molar-refractivity contribution in [1.29, 1.82) is 0 Å². The maximum absolute atomic E-state index is 5.78. The smallest absolute Gasteiger partial charge is 0.220 e. The standard InChI is InChI=1S/C15H15BrN4/c16-13-9-18-7-6-11(13)12-8-19-15(17)20-14(12)10-4-2-1-3-5-10/h4,6-9H,1-3,5H2,(H2,17,19,20). The van der Waals surface area contributed by atoms with Gasteiger partial charge in [-0.2, -0.15) is 0 Å². The number of nitrogens with zero attached hydrogens (tertiary/aromatic N) is 3. The topological polar surface area (TPSA) is 64.7 Å². The monoisotopic (exact) mass is 330 g/mol. The second-order valence-electron chi connectivity index (χ2n) is 4.82. The normalized spacial score (nSPS) is 14.9. The molecule has 0 unspecified atom stereocenters. The molecular weight excluding hydrogens is 316 g/mol. The van der Waals surface area contributed by atoms with Crippen LogP contribution < -0.4 is 5.73 Å². The van der Waals surface area contributed by atoms with Crippen LogP contribution in [0.3, 0.4) is 0 Å². The van der Waals surface area contributed by atoms with Crippen molar-refractivity contribution in [1.82, 2.24) is 15.0 Å². The molecule has 0 radical (unpaired) electrons. The number of aromatic nitrogens is 3. The zero-order valence-electron chi connectivity index (χ0n) is 11.0. The number of hydrogen-bond donors (Lipinski definition) is 1. The Kier molecular flexibility index (Phi) is 3.78. The number of allylic oxidation sites excluding steroid dienone is 2. The summed E-state index contributed by atoms with van der Waals surface area (Å²) in [7, 11) is 0. The molecule has 102 valence electrons. The van der Waals surface area contributed by atoms with Gasteiger partial charge in [0.05, 0.1) is 5.69 Å². The molecule has 0 fully saturated rings. The van der Waals surface area contributed by atoms with Gasteiger partial charge in [-0.3, -0.25) is 4.98 Å². The molecular formula is C15H15BrN4. The van der Waals surface area contributed by atoms with E-state index in [1.54, 1.807) is 18.6 Å². The molecule has 0 aliphatic heterocycles. The molecule has 0 saturated heterocycles. The molecule has 0 spiro atoms. The molecule has 20 heavy (non-hydrogen) atoms. The van der Waals surface area contributed by atoms with Crippen LogP contribution in [-0.2, 0) is 0 Å². The van der Waals surface area contributed by atoms with Crippen LogP contribution in [0.5, 0.6) is 0 Å². The number of hydrogen-bond acceptors (Lipinski definition) is 4. The SMILES string of the molecule is Nc1ncc(-c2ccncc2Br)c(C2=CCCCC2)n1. The zero-order valence-corrected chi connectivity index (χ0v) is 12.6. The summed E-state index contributed by atoms with van der Waals surface area (Å²) in [6.07, 6.45) is 12.2. The van der Waals surface area contributed by atoms with Gasteiger partial charge in [0.2, 0.25) is 5.95 Å². The van der Waals surface area contributed by atoms with Gasteiger partial charge >= 0.3 is 0 Å². The first-order valence-electron chi connectivity index (χ1n) is 6.67. The van der Waals surface area contributed by atoms with Gasteiger partial charge in [0.15, 0.2) is 0 Å². The maximum Gasteiger partial charge on any atom is 0.220 e. The van der Waals surface area contributed by atoms with Crippen molar-refractivity contribution in [2.45, 2.75) is 25.7 Å². The fourth-order valence-electron chi connectivity index (χ4n) is 2.48. The third-order valence-electron chi connectivity index (χ3n) is 3.47. The summed E-state index contributed by atoms with van der Waals surface area (Å²) in [6, 6.07) is 1.96. The number of pyridine rings is 1. The average Bonchev–Trinajstić information content (AvgIpc) is 2.49. The third kappa shape index (κ3) is 2.58. The molecule has 2 heterocycles. The second-order valence-corrected chi connectivity index (χ2v) is 5.68. The lowest BCUT2D eigenvalue weighted by atomic mass is 9.93. The minimum absolute atomic E-state index is 0.320. The van der Waals surface area contributed by atoms with Gasteiger partial charge in [-0.1, -0.05) is 6.08 Å². The van der Waals surface area contributed by atoms with E-state index in [1.807, 2.05) is 6.07 Å². The Balaban J connectivity index is 2.16. The fraction of sp³-hybridized carbons (Fsp3) is 0.267. The summed E-state index contributed by atoms with van der Waals surface area (Å²) in [5, 5.41) is 0. The van der Waals surface area contributed by atoms with Gasteiger partial charge < -0.3 is 5.73 Å². The van der Waals surface area contributed by atoms with E-state index in [0.717, 1.165) is 34.1 Å². The minimum Gasteiger partial charge on any atom is -0.368 e. The van der Waals surface area contributed by atoms with Crippen LogP contribution in [0.15, 0.2) is 35.2 Å². The van der Waals surface area contributed by atoms with Crippen molar-refractivity contribution in [2.24, 2.45) is 0 Å². The highest BCUT2D eigenvalue weighted by Gasteiger charge is 2.16. The quantitative estimate of drug-likeness (QED) is 0.908. The van der Waals surface area contributed by atoms with Gasteiger partial charge in [0.25, 0.3) is 0 Å². The van der Waals surface area contributed by atoms with Crippen molar-refractivity contribution >= 4 is 27.5 Å². The van der Waals surface area contributed by atoms with Crippen LogP contribution in [0, 0.1) is 0 Å². The molecule has 1 aliphatic rings. The predicted octanol–water partition coefficient (Wildman–Crippen LogP) is 3.84.